The highest BCUT2D eigenvalue weighted by Crippen LogP contribution is 2.38. The molecule has 3 nitrogen and oxygen atoms in total. The third-order valence-corrected chi connectivity index (χ3v) is 3.90. The summed E-state index contributed by atoms with van der Waals surface area (Å²) in [5.74, 6) is 1.24. The number of carbonyl (C=O) groups is 1. The van der Waals surface area contributed by atoms with Crippen LogP contribution < -0.4 is 4.74 Å². The molecule has 1 saturated heterocycles. The fourth-order valence-corrected chi connectivity index (χ4v) is 3.02. The van der Waals surface area contributed by atoms with Crippen molar-refractivity contribution in [3.63, 3.8) is 0 Å². The zero-order valence-electron chi connectivity index (χ0n) is 10.1. The van der Waals surface area contributed by atoms with Gasteiger partial charge in [0, 0.05) is 13.0 Å². The molecule has 1 atom stereocenters. The average Bonchev–Trinajstić information content (AvgIpc) is 2.38. The van der Waals surface area contributed by atoms with E-state index in [1.807, 2.05) is 6.07 Å². The topological polar surface area (TPSA) is 29.5 Å². The van der Waals surface area contributed by atoms with Gasteiger partial charge < -0.3 is 9.64 Å². The van der Waals surface area contributed by atoms with Crippen LogP contribution in [0.4, 0.5) is 0 Å². The highest BCUT2D eigenvalue weighted by molar-refractivity contribution is 5.78. The van der Waals surface area contributed by atoms with Crippen molar-refractivity contribution < 1.29 is 9.53 Å². The van der Waals surface area contributed by atoms with E-state index in [4.69, 9.17) is 4.74 Å². The summed E-state index contributed by atoms with van der Waals surface area (Å²) in [7, 11) is 1.70. The summed E-state index contributed by atoms with van der Waals surface area (Å²) in [5, 5.41) is 0. The molecule has 0 radical (unpaired) electrons. The number of hydrogen-bond acceptors (Lipinski definition) is 2. The van der Waals surface area contributed by atoms with Crippen LogP contribution in [0.5, 0.6) is 5.75 Å². The van der Waals surface area contributed by atoms with Crippen molar-refractivity contribution in [3.8, 4) is 5.75 Å². The Balaban J connectivity index is 1.98. The summed E-state index contributed by atoms with van der Waals surface area (Å²) in [5.41, 5.74) is 2.67. The number of fused-ring (bicyclic) bond motifs is 3. The monoisotopic (exact) mass is 231 g/mol. The van der Waals surface area contributed by atoms with Crippen molar-refractivity contribution >= 4 is 5.91 Å². The maximum Gasteiger partial charge on any atom is 0.223 e. The van der Waals surface area contributed by atoms with Crippen LogP contribution in [0.25, 0.3) is 0 Å². The lowest BCUT2D eigenvalue weighted by Gasteiger charge is -2.40. The van der Waals surface area contributed by atoms with Crippen LogP contribution in [0.2, 0.25) is 0 Å². The number of amides is 1. The predicted molar refractivity (Wildman–Crippen MR) is 65.0 cm³/mol. The third-order valence-electron chi connectivity index (χ3n) is 3.90. The Hall–Kier alpha value is -1.51. The van der Waals surface area contributed by atoms with Gasteiger partial charge in [-0.3, -0.25) is 4.79 Å². The van der Waals surface area contributed by atoms with Crippen LogP contribution in [0.3, 0.4) is 0 Å². The Labute approximate surface area is 101 Å². The first-order chi connectivity index (χ1) is 8.29. The molecule has 1 fully saturated rings. The molecular weight excluding hydrogens is 214 g/mol. The van der Waals surface area contributed by atoms with Gasteiger partial charge in [-0.25, -0.2) is 0 Å². The molecule has 0 aromatic heterocycles. The van der Waals surface area contributed by atoms with Gasteiger partial charge in [0.15, 0.2) is 0 Å². The number of piperidine rings is 1. The van der Waals surface area contributed by atoms with E-state index in [0.717, 1.165) is 38.0 Å². The first kappa shape index (κ1) is 10.6. The van der Waals surface area contributed by atoms with Gasteiger partial charge in [0.05, 0.1) is 13.2 Å². The van der Waals surface area contributed by atoms with Crippen molar-refractivity contribution in [1.82, 2.24) is 4.90 Å². The highest BCUT2D eigenvalue weighted by atomic mass is 16.5. The molecule has 3 rings (SSSR count). The minimum Gasteiger partial charge on any atom is -0.497 e. The second kappa shape index (κ2) is 4.06. The Morgan fingerprint density at radius 2 is 2.24 bits per heavy atom. The summed E-state index contributed by atoms with van der Waals surface area (Å²) in [6.45, 7) is 0.865. The van der Waals surface area contributed by atoms with Crippen molar-refractivity contribution in [2.75, 3.05) is 13.7 Å². The largest absolute Gasteiger partial charge is 0.497 e. The number of ether oxygens (including phenoxy) is 1. The number of methoxy groups -OCH3 is 1. The van der Waals surface area contributed by atoms with Crippen LogP contribution in [0.15, 0.2) is 18.2 Å². The lowest BCUT2D eigenvalue weighted by Crippen LogP contribution is -2.42. The van der Waals surface area contributed by atoms with Gasteiger partial charge in [0.1, 0.15) is 5.75 Å². The van der Waals surface area contributed by atoms with Crippen LogP contribution >= 0.6 is 0 Å². The van der Waals surface area contributed by atoms with Crippen molar-refractivity contribution in [3.05, 3.63) is 29.3 Å². The summed E-state index contributed by atoms with van der Waals surface area (Å²) < 4.78 is 5.26. The molecule has 90 valence electrons. The van der Waals surface area contributed by atoms with Crippen LogP contribution in [-0.4, -0.2) is 24.5 Å². The van der Waals surface area contributed by atoms with Gasteiger partial charge in [0.25, 0.3) is 0 Å². The second-order valence-electron chi connectivity index (χ2n) is 4.81. The molecule has 3 heteroatoms. The fourth-order valence-electron chi connectivity index (χ4n) is 3.02. The van der Waals surface area contributed by atoms with Gasteiger partial charge in [0.2, 0.25) is 5.91 Å². The van der Waals surface area contributed by atoms with Gasteiger partial charge in [-0.15, -0.1) is 0 Å². The Morgan fingerprint density at radius 1 is 1.35 bits per heavy atom. The number of hydrogen-bond donors (Lipinski definition) is 0. The average molecular weight is 231 g/mol. The molecule has 17 heavy (non-hydrogen) atoms. The third kappa shape index (κ3) is 1.70. The van der Waals surface area contributed by atoms with Gasteiger partial charge in [-0.2, -0.15) is 0 Å². The molecule has 0 N–H and O–H groups in total. The minimum absolute atomic E-state index is 0.311. The molecule has 1 unspecified atom stereocenters. The normalized spacial score (nSPS) is 23.0. The SMILES string of the molecule is COc1ccc2c(c1)CCN1C(=O)CCCC21. The lowest BCUT2D eigenvalue weighted by atomic mass is 9.86. The fraction of sp³-hybridized carbons (Fsp3) is 0.500. The van der Waals surface area contributed by atoms with E-state index < -0.39 is 0 Å². The van der Waals surface area contributed by atoms with E-state index >= 15 is 0 Å². The Bertz CT molecular complexity index is 456. The molecular formula is C14H17NO2. The first-order valence-corrected chi connectivity index (χ1v) is 6.26. The van der Waals surface area contributed by atoms with Gasteiger partial charge >= 0.3 is 0 Å². The van der Waals surface area contributed by atoms with E-state index in [0.29, 0.717) is 11.9 Å². The number of carbonyl (C=O) groups excluding carboxylic acids is 1. The maximum atomic E-state index is 11.9. The van der Waals surface area contributed by atoms with Crippen LogP contribution in [0, 0.1) is 0 Å². The summed E-state index contributed by atoms with van der Waals surface area (Å²) in [6.07, 6.45) is 3.80. The smallest absolute Gasteiger partial charge is 0.223 e. The summed E-state index contributed by atoms with van der Waals surface area (Å²) >= 11 is 0. The Kier molecular flexibility index (Phi) is 2.54. The van der Waals surface area contributed by atoms with Gasteiger partial charge in [-0.05, 0) is 42.5 Å². The van der Waals surface area contributed by atoms with Crippen LogP contribution in [0.1, 0.15) is 36.4 Å². The molecule has 0 bridgehead atoms. The summed E-state index contributed by atoms with van der Waals surface area (Å²) in [6, 6.07) is 6.56. The van der Waals surface area contributed by atoms with E-state index in [2.05, 4.69) is 17.0 Å². The van der Waals surface area contributed by atoms with Crippen molar-refractivity contribution in [2.45, 2.75) is 31.7 Å². The standard InChI is InChI=1S/C14H17NO2/c1-17-11-5-6-12-10(9-11)7-8-15-13(12)3-2-4-14(15)16/h5-6,9,13H,2-4,7-8H2,1H3. The molecule has 1 amide bonds. The van der Waals surface area contributed by atoms with E-state index in [-0.39, 0.29) is 0 Å². The second-order valence-corrected chi connectivity index (χ2v) is 4.81. The van der Waals surface area contributed by atoms with Crippen LogP contribution in [-0.2, 0) is 11.2 Å². The number of benzene rings is 1. The molecule has 0 spiro atoms. The molecule has 2 aliphatic rings. The van der Waals surface area contributed by atoms with Crippen molar-refractivity contribution in [1.29, 1.82) is 0 Å². The first-order valence-electron chi connectivity index (χ1n) is 6.26. The highest BCUT2D eigenvalue weighted by Gasteiger charge is 2.33. The zero-order valence-corrected chi connectivity index (χ0v) is 10.1. The molecule has 2 heterocycles. The Morgan fingerprint density at radius 3 is 3.06 bits per heavy atom. The number of nitrogens with zero attached hydrogens (tertiary/aromatic N) is 1. The predicted octanol–water partition coefficient (Wildman–Crippen LogP) is 2.30. The maximum absolute atomic E-state index is 11.9. The summed E-state index contributed by atoms with van der Waals surface area (Å²) in [4.78, 5) is 13.9. The lowest BCUT2D eigenvalue weighted by molar-refractivity contribution is -0.137. The molecule has 2 aliphatic heterocycles. The van der Waals surface area contributed by atoms with E-state index in [1.54, 1.807) is 7.11 Å². The molecule has 1 aromatic carbocycles. The molecule has 1 aromatic rings. The van der Waals surface area contributed by atoms with E-state index in [9.17, 15) is 4.79 Å². The molecule has 0 aliphatic carbocycles. The van der Waals surface area contributed by atoms with E-state index in [1.165, 1.54) is 11.1 Å². The number of rotatable bonds is 1. The zero-order chi connectivity index (χ0) is 11.8. The van der Waals surface area contributed by atoms with Crippen molar-refractivity contribution in [2.24, 2.45) is 0 Å². The minimum atomic E-state index is 0.311. The molecule has 0 saturated carbocycles. The van der Waals surface area contributed by atoms with Gasteiger partial charge in [-0.1, -0.05) is 6.07 Å². The quantitative estimate of drug-likeness (QED) is 0.742.